The van der Waals surface area contributed by atoms with Crippen LogP contribution in [-0.2, 0) is 25.7 Å². The summed E-state index contributed by atoms with van der Waals surface area (Å²) in [6, 6.07) is 2.61. The number of nitrogens with one attached hydrogen (secondary N) is 2. The fourth-order valence-electron chi connectivity index (χ4n) is 5.02. The van der Waals surface area contributed by atoms with E-state index in [9.17, 15) is 31.2 Å². The molecule has 3 rings (SSSR count). The van der Waals surface area contributed by atoms with Gasteiger partial charge in [0.1, 0.15) is 11.6 Å². The highest BCUT2D eigenvalue weighted by Crippen LogP contribution is 2.41. The highest BCUT2D eigenvalue weighted by atomic mass is 32.2. The molecule has 0 unspecified atom stereocenters. The van der Waals surface area contributed by atoms with E-state index in [4.69, 9.17) is 4.74 Å². The zero-order chi connectivity index (χ0) is 27.8. The highest BCUT2D eigenvalue weighted by molar-refractivity contribution is 7.89. The van der Waals surface area contributed by atoms with Gasteiger partial charge in [0.05, 0.1) is 10.5 Å². The number of ether oxygens (including phenoxy) is 1. The van der Waals surface area contributed by atoms with Gasteiger partial charge in [-0.25, -0.2) is 13.2 Å². The zero-order valence-corrected chi connectivity index (χ0v) is 22.6. The number of carbonyl (C=O) groups is 2. The van der Waals surface area contributed by atoms with Crippen molar-refractivity contribution in [2.75, 3.05) is 13.1 Å². The Kier molecular flexibility index (Phi) is 8.53. The van der Waals surface area contributed by atoms with Crippen molar-refractivity contribution in [1.82, 2.24) is 14.9 Å². The maximum atomic E-state index is 13.1. The quantitative estimate of drug-likeness (QED) is 0.534. The average molecular weight is 548 g/mol. The summed E-state index contributed by atoms with van der Waals surface area (Å²) in [4.78, 5) is 25.0. The molecule has 2 fully saturated rings. The average Bonchev–Trinajstić information content (AvgIpc) is 3.33. The van der Waals surface area contributed by atoms with Crippen LogP contribution >= 0.6 is 0 Å². The van der Waals surface area contributed by atoms with Crippen LogP contribution in [0, 0.1) is 17.8 Å². The van der Waals surface area contributed by atoms with Crippen LogP contribution in [0.3, 0.4) is 0 Å². The van der Waals surface area contributed by atoms with Crippen LogP contribution in [-0.4, -0.2) is 55.5 Å². The Morgan fingerprint density at radius 3 is 2.41 bits per heavy atom. The molecule has 0 bridgehead atoms. The van der Waals surface area contributed by atoms with E-state index in [-0.39, 0.29) is 42.8 Å². The van der Waals surface area contributed by atoms with Gasteiger partial charge in [-0.05, 0) is 76.0 Å². The van der Waals surface area contributed by atoms with E-state index in [1.54, 1.807) is 20.8 Å². The molecular weight excluding hydrogens is 511 g/mol. The largest absolute Gasteiger partial charge is 0.444 e. The van der Waals surface area contributed by atoms with E-state index in [2.05, 4.69) is 10.6 Å². The number of alkyl halides is 3. The van der Waals surface area contributed by atoms with Gasteiger partial charge in [-0.3, -0.25) is 4.79 Å². The molecule has 208 valence electrons. The summed E-state index contributed by atoms with van der Waals surface area (Å²) in [5.74, 6) is -0.454. The molecule has 1 aromatic rings. The van der Waals surface area contributed by atoms with E-state index < -0.39 is 44.4 Å². The minimum Gasteiger partial charge on any atom is -0.444 e. The lowest BCUT2D eigenvalue weighted by Gasteiger charge is -2.27. The third kappa shape index (κ3) is 7.37. The number of amides is 2. The zero-order valence-electron chi connectivity index (χ0n) is 21.8. The lowest BCUT2D eigenvalue weighted by molar-refractivity contribution is -0.137. The van der Waals surface area contributed by atoms with Crippen LogP contribution in [0.2, 0.25) is 0 Å². The minimum absolute atomic E-state index is 0.0202. The second-order valence-corrected chi connectivity index (χ2v) is 13.2. The maximum Gasteiger partial charge on any atom is 0.416 e. The molecule has 2 amide bonds. The van der Waals surface area contributed by atoms with Gasteiger partial charge in [-0.2, -0.15) is 17.5 Å². The second-order valence-electron chi connectivity index (χ2n) is 11.3. The molecule has 1 aromatic carbocycles. The minimum atomic E-state index is -4.65. The number of nitrogens with zero attached hydrogens (tertiary/aromatic N) is 1. The molecule has 1 saturated heterocycles. The molecule has 4 atom stereocenters. The number of fused-ring (bicyclic) bond motifs is 1. The molecule has 8 nitrogen and oxygen atoms in total. The van der Waals surface area contributed by atoms with Gasteiger partial charge in [0.25, 0.3) is 0 Å². The Balaban J connectivity index is 1.69. The first-order valence-corrected chi connectivity index (χ1v) is 13.9. The van der Waals surface area contributed by atoms with E-state index in [0.717, 1.165) is 18.2 Å². The molecule has 2 aliphatic rings. The number of alkyl carbamates (subject to hydrolysis) is 1. The van der Waals surface area contributed by atoms with Gasteiger partial charge in [0, 0.05) is 19.1 Å². The van der Waals surface area contributed by atoms with Crippen molar-refractivity contribution in [3.63, 3.8) is 0 Å². The standard InChI is InChI=1S/C25H36F3N3O5S/c1-15(2)11-21(30-23(33)36-24(3,4)5)22(32)29-20-10-9-16-13-31(14-19(16)20)37(34,35)18-8-6-7-17(12-18)25(26,27)28/h6-8,12,15-16,19-21H,9-11,13-14H2,1-5H3,(H,29,32)(H,30,33)/t16-,19+,20+,21+/m1/s1. The van der Waals surface area contributed by atoms with E-state index >= 15 is 0 Å². The van der Waals surface area contributed by atoms with Gasteiger partial charge >= 0.3 is 12.3 Å². The van der Waals surface area contributed by atoms with Crippen LogP contribution in [0.1, 0.15) is 59.4 Å². The van der Waals surface area contributed by atoms with Crippen molar-refractivity contribution in [1.29, 1.82) is 0 Å². The first-order valence-electron chi connectivity index (χ1n) is 12.4. The van der Waals surface area contributed by atoms with Crippen molar-refractivity contribution < 1.29 is 35.9 Å². The lowest BCUT2D eigenvalue weighted by atomic mass is 9.97. The summed E-state index contributed by atoms with van der Waals surface area (Å²) in [6.07, 6.45) is -3.63. The Labute approximate surface area is 216 Å². The van der Waals surface area contributed by atoms with Gasteiger partial charge in [0.2, 0.25) is 15.9 Å². The lowest BCUT2D eigenvalue weighted by Crippen LogP contribution is -2.52. The third-order valence-corrected chi connectivity index (χ3v) is 8.49. The fourth-order valence-corrected chi connectivity index (χ4v) is 6.60. The predicted octanol–water partition coefficient (Wildman–Crippen LogP) is 4.16. The topological polar surface area (TPSA) is 105 Å². The van der Waals surface area contributed by atoms with E-state index in [0.29, 0.717) is 25.3 Å². The SMILES string of the molecule is CC(C)C[C@H](NC(=O)OC(C)(C)C)C(=O)N[C@H]1CC[C@@H]2CN(S(=O)(=O)c3cccc(C(F)(F)F)c3)C[C@@H]21. The summed E-state index contributed by atoms with van der Waals surface area (Å²) in [5, 5.41) is 5.62. The molecule has 0 aromatic heterocycles. The molecule has 1 saturated carbocycles. The number of rotatable bonds is 7. The Morgan fingerprint density at radius 1 is 1.14 bits per heavy atom. The number of benzene rings is 1. The Hall–Kier alpha value is -2.34. The van der Waals surface area contributed by atoms with E-state index in [1.807, 2.05) is 13.8 Å². The highest BCUT2D eigenvalue weighted by Gasteiger charge is 2.47. The summed E-state index contributed by atoms with van der Waals surface area (Å²) in [5.41, 5.74) is -1.74. The van der Waals surface area contributed by atoms with Crippen molar-refractivity contribution in [3.8, 4) is 0 Å². The molecular formula is C25H36F3N3O5S. The Bertz CT molecular complexity index is 1100. The van der Waals surface area contributed by atoms with Gasteiger partial charge < -0.3 is 15.4 Å². The van der Waals surface area contributed by atoms with Crippen LogP contribution in [0.25, 0.3) is 0 Å². The fraction of sp³-hybridized carbons (Fsp3) is 0.680. The third-order valence-electron chi connectivity index (χ3n) is 6.66. The van der Waals surface area contributed by atoms with Crippen molar-refractivity contribution in [2.45, 2.75) is 82.6 Å². The summed E-state index contributed by atoms with van der Waals surface area (Å²) in [7, 11) is -4.13. The monoisotopic (exact) mass is 547 g/mol. The first-order chi connectivity index (χ1) is 17.0. The van der Waals surface area contributed by atoms with Gasteiger partial charge in [-0.1, -0.05) is 19.9 Å². The smallest absolute Gasteiger partial charge is 0.416 e. The molecule has 2 N–H and O–H groups in total. The van der Waals surface area contributed by atoms with Crippen LogP contribution in [0.15, 0.2) is 29.2 Å². The molecule has 12 heteroatoms. The predicted molar refractivity (Wildman–Crippen MR) is 131 cm³/mol. The Morgan fingerprint density at radius 2 is 1.81 bits per heavy atom. The number of carbonyl (C=O) groups excluding carboxylic acids is 2. The van der Waals surface area contributed by atoms with Crippen LogP contribution < -0.4 is 10.6 Å². The number of hydrogen-bond donors (Lipinski definition) is 2. The van der Waals surface area contributed by atoms with Gasteiger partial charge in [-0.15, -0.1) is 0 Å². The van der Waals surface area contributed by atoms with Crippen molar-refractivity contribution >= 4 is 22.0 Å². The molecule has 1 aliphatic heterocycles. The summed E-state index contributed by atoms with van der Waals surface area (Å²) < 4.78 is 72.1. The normalized spacial score (nSPS) is 23.5. The molecule has 37 heavy (non-hydrogen) atoms. The maximum absolute atomic E-state index is 13.1. The van der Waals surface area contributed by atoms with E-state index in [1.165, 1.54) is 4.31 Å². The molecule has 0 spiro atoms. The molecule has 0 radical (unpaired) electrons. The first kappa shape index (κ1) is 29.2. The number of hydrogen-bond acceptors (Lipinski definition) is 5. The summed E-state index contributed by atoms with van der Waals surface area (Å²) in [6.45, 7) is 9.31. The molecule has 1 aliphatic carbocycles. The second kappa shape index (κ2) is 10.8. The van der Waals surface area contributed by atoms with Crippen LogP contribution in [0.5, 0.6) is 0 Å². The summed E-state index contributed by atoms with van der Waals surface area (Å²) >= 11 is 0. The number of sulfonamides is 1. The van der Waals surface area contributed by atoms with Gasteiger partial charge in [0.15, 0.2) is 0 Å². The van der Waals surface area contributed by atoms with Crippen LogP contribution in [0.4, 0.5) is 18.0 Å². The van der Waals surface area contributed by atoms with Crippen molar-refractivity contribution in [2.24, 2.45) is 17.8 Å². The van der Waals surface area contributed by atoms with Crippen molar-refractivity contribution in [3.05, 3.63) is 29.8 Å². The molecule has 1 heterocycles. The number of halogens is 3.